The molecule has 2 heteroatoms. The van der Waals surface area contributed by atoms with E-state index in [2.05, 4.69) is 29.2 Å². The van der Waals surface area contributed by atoms with Crippen LogP contribution in [-0.4, -0.2) is 10.8 Å². The van der Waals surface area contributed by atoms with Crippen molar-refractivity contribution >= 4 is 16.7 Å². The van der Waals surface area contributed by atoms with Gasteiger partial charge in [0.25, 0.3) is 0 Å². The molecule has 3 aromatic carbocycles. The molecule has 1 aromatic heterocycles. The predicted octanol–water partition coefficient (Wildman–Crippen LogP) is 5.88. The maximum atomic E-state index is 13.0. The van der Waals surface area contributed by atoms with Crippen molar-refractivity contribution in [1.29, 1.82) is 0 Å². The Kier molecular flexibility index (Phi) is 4.40. The van der Waals surface area contributed by atoms with E-state index in [0.717, 1.165) is 22.2 Å². The number of aromatic nitrogens is 1. The summed E-state index contributed by atoms with van der Waals surface area (Å²) in [7, 11) is 0. The zero-order chi connectivity index (χ0) is 17.9. The van der Waals surface area contributed by atoms with Gasteiger partial charge in [-0.2, -0.15) is 0 Å². The molecule has 1 unspecified atom stereocenters. The third kappa shape index (κ3) is 3.18. The number of aryl methyl sites for hydroxylation is 1. The van der Waals surface area contributed by atoms with Gasteiger partial charge in [-0.05, 0) is 24.1 Å². The van der Waals surface area contributed by atoms with Crippen molar-refractivity contribution in [3.05, 3.63) is 107 Å². The van der Waals surface area contributed by atoms with Gasteiger partial charge in [0.1, 0.15) is 0 Å². The number of carbonyl (C=O) groups is 1. The molecule has 0 aliphatic heterocycles. The highest BCUT2D eigenvalue weighted by Crippen LogP contribution is 2.34. The van der Waals surface area contributed by atoms with Crippen LogP contribution in [0.15, 0.2) is 85.1 Å². The first-order chi connectivity index (χ1) is 12.7. The zero-order valence-corrected chi connectivity index (χ0v) is 14.8. The number of H-pyrrole nitrogens is 1. The van der Waals surface area contributed by atoms with Gasteiger partial charge in [0.05, 0.1) is 0 Å². The topological polar surface area (TPSA) is 32.9 Å². The molecule has 1 N–H and O–H groups in total. The molecule has 4 aromatic rings. The Labute approximate surface area is 153 Å². The standard InChI is InChI=1S/C24H21NO/c1-17-11-13-19(14-12-17)24(26)15-21(18-7-3-2-4-8-18)22-16-25-23-10-6-5-9-20(22)23/h2-14,16,21,25H,15H2,1H3. The van der Waals surface area contributed by atoms with Crippen LogP contribution in [-0.2, 0) is 0 Å². The third-order valence-corrected chi connectivity index (χ3v) is 4.96. The van der Waals surface area contributed by atoms with Crippen LogP contribution in [0, 0.1) is 6.92 Å². The molecule has 0 bridgehead atoms. The van der Waals surface area contributed by atoms with Gasteiger partial charge in [0, 0.05) is 35.0 Å². The number of carbonyl (C=O) groups excluding carboxylic acids is 1. The van der Waals surface area contributed by atoms with E-state index in [1.807, 2.05) is 67.7 Å². The smallest absolute Gasteiger partial charge is 0.163 e. The molecular weight excluding hydrogens is 318 g/mol. The summed E-state index contributed by atoms with van der Waals surface area (Å²) < 4.78 is 0. The second kappa shape index (κ2) is 7.01. The Hall–Kier alpha value is -3.13. The quantitative estimate of drug-likeness (QED) is 0.452. The average molecular weight is 339 g/mol. The molecule has 0 radical (unpaired) electrons. The Morgan fingerprint density at radius 2 is 1.58 bits per heavy atom. The lowest BCUT2D eigenvalue weighted by atomic mass is 9.85. The number of aromatic amines is 1. The van der Waals surface area contributed by atoms with Gasteiger partial charge >= 0.3 is 0 Å². The second-order valence-corrected chi connectivity index (χ2v) is 6.75. The molecule has 1 atom stereocenters. The fourth-order valence-electron chi connectivity index (χ4n) is 3.52. The van der Waals surface area contributed by atoms with E-state index >= 15 is 0 Å². The summed E-state index contributed by atoms with van der Waals surface area (Å²) in [5.41, 5.74) is 5.38. The van der Waals surface area contributed by atoms with E-state index in [1.54, 1.807) is 0 Å². The summed E-state index contributed by atoms with van der Waals surface area (Å²) >= 11 is 0. The molecule has 0 aliphatic carbocycles. The number of hydrogen-bond acceptors (Lipinski definition) is 1. The first kappa shape index (κ1) is 16.3. The molecule has 1 heterocycles. The van der Waals surface area contributed by atoms with Crippen molar-refractivity contribution in [3.8, 4) is 0 Å². The highest BCUT2D eigenvalue weighted by Gasteiger charge is 2.21. The average Bonchev–Trinajstić information content (AvgIpc) is 3.11. The van der Waals surface area contributed by atoms with Crippen LogP contribution in [0.4, 0.5) is 0 Å². The summed E-state index contributed by atoms with van der Waals surface area (Å²) in [6, 6.07) is 26.4. The molecule has 0 amide bonds. The number of hydrogen-bond donors (Lipinski definition) is 1. The Morgan fingerprint density at radius 1 is 0.885 bits per heavy atom. The van der Waals surface area contributed by atoms with Crippen LogP contribution in [0.3, 0.4) is 0 Å². The number of rotatable bonds is 5. The summed E-state index contributed by atoms with van der Waals surface area (Å²) in [6.07, 6.45) is 2.50. The van der Waals surface area contributed by atoms with Crippen LogP contribution in [0.2, 0.25) is 0 Å². The minimum atomic E-state index is 0.0288. The molecular formula is C24H21NO. The lowest BCUT2D eigenvalue weighted by Gasteiger charge is -2.17. The van der Waals surface area contributed by atoms with Gasteiger partial charge in [-0.15, -0.1) is 0 Å². The highest BCUT2D eigenvalue weighted by atomic mass is 16.1. The fraction of sp³-hybridized carbons (Fsp3) is 0.125. The van der Waals surface area contributed by atoms with E-state index in [9.17, 15) is 4.79 Å². The number of Topliss-reactive ketones (excluding diaryl/α,β-unsaturated/α-hetero) is 1. The molecule has 2 nitrogen and oxygen atoms in total. The minimum absolute atomic E-state index is 0.0288. The van der Waals surface area contributed by atoms with E-state index in [4.69, 9.17) is 0 Å². The molecule has 0 spiro atoms. The fourth-order valence-corrected chi connectivity index (χ4v) is 3.52. The summed E-state index contributed by atoms with van der Waals surface area (Å²) in [6.45, 7) is 2.03. The predicted molar refractivity (Wildman–Crippen MR) is 107 cm³/mol. The highest BCUT2D eigenvalue weighted by molar-refractivity contribution is 5.97. The third-order valence-electron chi connectivity index (χ3n) is 4.96. The SMILES string of the molecule is Cc1ccc(C(=O)CC(c2ccccc2)c2c[nH]c3ccccc23)cc1. The molecule has 4 rings (SSSR count). The Bertz CT molecular complexity index is 1030. The summed E-state index contributed by atoms with van der Waals surface area (Å²) in [4.78, 5) is 16.3. The summed E-state index contributed by atoms with van der Waals surface area (Å²) in [5, 5.41) is 1.18. The normalized spacial score (nSPS) is 12.2. The van der Waals surface area contributed by atoms with Crippen molar-refractivity contribution in [2.45, 2.75) is 19.3 Å². The van der Waals surface area contributed by atoms with Crippen LogP contribution >= 0.6 is 0 Å². The van der Waals surface area contributed by atoms with Crippen molar-refractivity contribution in [2.75, 3.05) is 0 Å². The van der Waals surface area contributed by atoms with Crippen molar-refractivity contribution in [1.82, 2.24) is 4.98 Å². The number of benzene rings is 3. The molecule has 0 aliphatic rings. The largest absolute Gasteiger partial charge is 0.361 e. The maximum absolute atomic E-state index is 13.0. The van der Waals surface area contributed by atoms with Crippen LogP contribution in [0.25, 0.3) is 10.9 Å². The Balaban J connectivity index is 1.74. The van der Waals surface area contributed by atoms with E-state index in [0.29, 0.717) is 6.42 Å². The molecule has 0 saturated carbocycles. The van der Waals surface area contributed by atoms with Gasteiger partial charge in [-0.1, -0.05) is 78.4 Å². The lowest BCUT2D eigenvalue weighted by Crippen LogP contribution is -2.09. The van der Waals surface area contributed by atoms with Crippen molar-refractivity contribution in [2.24, 2.45) is 0 Å². The second-order valence-electron chi connectivity index (χ2n) is 6.75. The van der Waals surface area contributed by atoms with Gasteiger partial charge in [-0.25, -0.2) is 0 Å². The molecule has 0 fully saturated rings. The number of fused-ring (bicyclic) bond motifs is 1. The van der Waals surface area contributed by atoms with E-state index in [-0.39, 0.29) is 11.7 Å². The molecule has 26 heavy (non-hydrogen) atoms. The van der Waals surface area contributed by atoms with Crippen LogP contribution < -0.4 is 0 Å². The van der Waals surface area contributed by atoms with Crippen molar-refractivity contribution in [3.63, 3.8) is 0 Å². The monoisotopic (exact) mass is 339 g/mol. The Morgan fingerprint density at radius 3 is 2.35 bits per heavy atom. The van der Waals surface area contributed by atoms with Gasteiger partial charge in [0.15, 0.2) is 5.78 Å². The van der Waals surface area contributed by atoms with Gasteiger partial charge in [0.2, 0.25) is 0 Å². The molecule has 128 valence electrons. The number of nitrogens with one attached hydrogen (secondary N) is 1. The minimum Gasteiger partial charge on any atom is -0.361 e. The first-order valence-electron chi connectivity index (χ1n) is 8.93. The van der Waals surface area contributed by atoms with E-state index < -0.39 is 0 Å². The maximum Gasteiger partial charge on any atom is 0.163 e. The van der Waals surface area contributed by atoms with Gasteiger partial charge < -0.3 is 4.98 Å². The van der Waals surface area contributed by atoms with Crippen LogP contribution in [0.1, 0.15) is 39.4 Å². The van der Waals surface area contributed by atoms with Crippen molar-refractivity contribution < 1.29 is 4.79 Å². The molecule has 0 saturated heterocycles. The zero-order valence-electron chi connectivity index (χ0n) is 14.8. The summed E-state index contributed by atoms with van der Waals surface area (Å²) in [5.74, 6) is 0.199. The van der Waals surface area contributed by atoms with Crippen LogP contribution in [0.5, 0.6) is 0 Å². The first-order valence-corrected chi connectivity index (χ1v) is 8.93. The lowest BCUT2D eigenvalue weighted by molar-refractivity contribution is 0.0978. The number of para-hydroxylation sites is 1. The number of ketones is 1. The van der Waals surface area contributed by atoms with E-state index in [1.165, 1.54) is 10.9 Å². The van der Waals surface area contributed by atoms with Gasteiger partial charge in [-0.3, -0.25) is 4.79 Å².